The van der Waals surface area contributed by atoms with Gasteiger partial charge >= 0.3 is 6.09 Å². The standard InChI is InChI=1S/C14H27N3O3/c1-11(18)17-9-5-12(6-10-17)15-7-8-16-13(19)20-14(2,3)4/h12,15H,5-10H2,1-4H3,(H,16,19). The molecule has 0 aromatic heterocycles. The molecule has 6 heteroatoms. The highest BCUT2D eigenvalue weighted by molar-refractivity contribution is 5.73. The first-order valence-corrected chi connectivity index (χ1v) is 7.23. The van der Waals surface area contributed by atoms with Gasteiger partial charge in [-0.05, 0) is 33.6 Å². The van der Waals surface area contributed by atoms with Gasteiger partial charge in [-0.2, -0.15) is 0 Å². The molecule has 0 atom stereocenters. The molecule has 0 spiro atoms. The van der Waals surface area contributed by atoms with Crippen molar-refractivity contribution in [2.24, 2.45) is 0 Å². The summed E-state index contributed by atoms with van der Waals surface area (Å²) in [6.45, 7) is 10.0. The van der Waals surface area contributed by atoms with Crippen molar-refractivity contribution in [2.45, 2.75) is 52.2 Å². The summed E-state index contributed by atoms with van der Waals surface area (Å²) in [6.07, 6.45) is 1.54. The highest BCUT2D eigenvalue weighted by Crippen LogP contribution is 2.10. The number of amides is 2. The molecule has 20 heavy (non-hydrogen) atoms. The normalized spacial score (nSPS) is 16.9. The summed E-state index contributed by atoms with van der Waals surface area (Å²) >= 11 is 0. The third-order valence-electron chi connectivity index (χ3n) is 3.17. The molecule has 2 N–H and O–H groups in total. The summed E-state index contributed by atoms with van der Waals surface area (Å²) in [6, 6.07) is 0.422. The Labute approximate surface area is 121 Å². The predicted octanol–water partition coefficient (Wildman–Crippen LogP) is 1.11. The molecule has 0 bridgehead atoms. The third kappa shape index (κ3) is 6.75. The minimum absolute atomic E-state index is 0.148. The molecule has 0 aromatic carbocycles. The van der Waals surface area contributed by atoms with Crippen LogP contribution in [0.3, 0.4) is 0 Å². The third-order valence-corrected chi connectivity index (χ3v) is 3.17. The lowest BCUT2D eigenvalue weighted by Gasteiger charge is -2.31. The van der Waals surface area contributed by atoms with E-state index in [4.69, 9.17) is 4.74 Å². The van der Waals surface area contributed by atoms with Crippen molar-refractivity contribution in [3.05, 3.63) is 0 Å². The number of rotatable bonds is 4. The van der Waals surface area contributed by atoms with Gasteiger partial charge in [-0.25, -0.2) is 4.79 Å². The van der Waals surface area contributed by atoms with E-state index in [9.17, 15) is 9.59 Å². The zero-order valence-electron chi connectivity index (χ0n) is 13.0. The van der Waals surface area contributed by atoms with E-state index >= 15 is 0 Å². The second-order valence-corrected chi connectivity index (χ2v) is 6.16. The molecule has 1 heterocycles. The van der Waals surface area contributed by atoms with Gasteiger partial charge in [-0.3, -0.25) is 4.79 Å². The zero-order chi connectivity index (χ0) is 15.2. The number of carbonyl (C=O) groups excluding carboxylic acids is 2. The summed E-state index contributed by atoms with van der Waals surface area (Å²) in [4.78, 5) is 24.5. The van der Waals surface area contributed by atoms with E-state index in [2.05, 4.69) is 10.6 Å². The first-order valence-electron chi connectivity index (χ1n) is 7.23. The van der Waals surface area contributed by atoms with Crippen LogP contribution >= 0.6 is 0 Å². The lowest BCUT2D eigenvalue weighted by atomic mass is 10.1. The van der Waals surface area contributed by atoms with E-state index in [1.165, 1.54) is 0 Å². The Morgan fingerprint density at radius 1 is 1.20 bits per heavy atom. The van der Waals surface area contributed by atoms with Crippen LogP contribution in [0.25, 0.3) is 0 Å². The molecule has 6 nitrogen and oxygen atoms in total. The fraction of sp³-hybridized carbons (Fsp3) is 0.857. The number of nitrogens with zero attached hydrogens (tertiary/aromatic N) is 1. The smallest absolute Gasteiger partial charge is 0.407 e. The molecule has 1 aliphatic rings. The number of alkyl carbamates (subject to hydrolysis) is 1. The van der Waals surface area contributed by atoms with Crippen LogP contribution in [0, 0.1) is 0 Å². The highest BCUT2D eigenvalue weighted by Gasteiger charge is 2.20. The molecule has 0 unspecified atom stereocenters. The maximum absolute atomic E-state index is 11.4. The molecule has 1 aliphatic heterocycles. The van der Waals surface area contributed by atoms with Gasteiger partial charge in [0.15, 0.2) is 0 Å². The Morgan fingerprint density at radius 2 is 1.80 bits per heavy atom. The molecule has 0 aromatic rings. The second-order valence-electron chi connectivity index (χ2n) is 6.16. The van der Waals surface area contributed by atoms with Gasteiger partial charge in [-0.1, -0.05) is 0 Å². The fourth-order valence-corrected chi connectivity index (χ4v) is 2.15. The van der Waals surface area contributed by atoms with Crippen LogP contribution < -0.4 is 10.6 Å². The zero-order valence-corrected chi connectivity index (χ0v) is 13.0. The molecule has 2 amide bonds. The van der Waals surface area contributed by atoms with Crippen molar-refractivity contribution in [1.29, 1.82) is 0 Å². The Morgan fingerprint density at radius 3 is 2.30 bits per heavy atom. The van der Waals surface area contributed by atoms with Crippen LogP contribution in [-0.2, 0) is 9.53 Å². The maximum atomic E-state index is 11.4. The number of likely N-dealkylation sites (tertiary alicyclic amines) is 1. The topological polar surface area (TPSA) is 70.7 Å². The number of hydrogen-bond acceptors (Lipinski definition) is 4. The van der Waals surface area contributed by atoms with Gasteiger partial charge in [0.25, 0.3) is 0 Å². The Balaban J connectivity index is 2.08. The first-order chi connectivity index (χ1) is 9.28. The number of carbonyl (C=O) groups is 2. The van der Waals surface area contributed by atoms with Crippen LogP contribution in [0.4, 0.5) is 4.79 Å². The lowest BCUT2D eigenvalue weighted by Crippen LogP contribution is -2.46. The van der Waals surface area contributed by atoms with E-state index in [1.807, 2.05) is 25.7 Å². The molecule has 1 fully saturated rings. The van der Waals surface area contributed by atoms with Gasteiger partial charge < -0.3 is 20.3 Å². The van der Waals surface area contributed by atoms with E-state index in [1.54, 1.807) is 6.92 Å². The van der Waals surface area contributed by atoms with E-state index in [0.29, 0.717) is 19.1 Å². The average molecular weight is 285 g/mol. The number of nitrogens with one attached hydrogen (secondary N) is 2. The summed E-state index contributed by atoms with van der Waals surface area (Å²) < 4.78 is 5.15. The van der Waals surface area contributed by atoms with Gasteiger partial charge in [0.2, 0.25) is 5.91 Å². The molecular weight excluding hydrogens is 258 g/mol. The largest absolute Gasteiger partial charge is 0.444 e. The van der Waals surface area contributed by atoms with Crippen molar-refractivity contribution in [1.82, 2.24) is 15.5 Å². The van der Waals surface area contributed by atoms with Gasteiger partial charge in [0, 0.05) is 39.1 Å². The van der Waals surface area contributed by atoms with Crippen LogP contribution in [-0.4, -0.2) is 54.7 Å². The second kappa shape index (κ2) is 7.47. The van der Waals surface area contributed by atoms with Crippen molar-refractivity contribution in [3.8, 4) is 0 Å². The molecule has 1 rings (SSSR count). The van der Waals surface area contributed by atoms with Crippen molar-refractivity contribution in [2.75, 3.05) is 26.2 Å². The van der Waals surface area contributed by atoms with Gasteiger partial charge in [0.1, 0.15) is 5.60 Å². The fourth-order valence-electron chi connectivity index (χ4n) is 2.15. The summed E-state index contributed by atoms with van der Waals surface area (Å²) in [5.41, 5.74) is -0.461. The minimum atomic E-state index is -0.461. The summed E-state index contributed by atoms with van der Waals surface area (Å²) in [5.74, 6) is 0.148. The Bertz CT molecular complexity index is 331. The van der Waals surface area contributed by atoms with Crippen LogP contribution in [0.1, 0.15) is 40.5 Å². The Kier molecular flexibility index (Phi) is 6.26. The van der Waals surface area contributed by atoms with Crippen molar-refractivity contribution < 1.29 is 14.3 Å². The lowest BCUT2D eigenvalue weighted by molar-refractivity contribution is -0.129. The summed E-state index contributed by atoms with van der Waals surface area (Å²) in [5, 5.41) is 6.11. The average Bonchev–Trinajstić information content (AvgIpc) is 2.33. The van der Waals surface area contributed by atoms with Crippen molar-refractivity contribution in [3.63, 3.8) is 0 Å². The molecule has 0 saturated carbocycles. The highest BCUT2D eigenvalue weighted by atomic mass is 16.6. The number of ether oxygens (including phenoxy) is 1. The molecule has 1 saturated heterocycles. The van der Waals surface area contributed by atoms with Crippen LogP contribution in [0.15, 0.2) is 0 Å². The quantitative estimate of drug-likeness (QED) is 0.759. The molecule has 116 valence electrons. The monoisotopic (exact) mass is 285 g/mol. The van der Waals surface area contributed by atoms with E-state index in [-0.39, 0.29) is 12.0 Å². The van der Waals surface area contributed by atoms with Gasteiger partial charge in [0.05, 0.1) is 0 Å². The maximum Gasteiger partial charge on any atom is 0.407 e. The van der Waals surface area contributed by atoms with E-state index in [0.717, 1.165) is 25.9 Å². The van der Waals surface area contributed by atoms with Crippen LogP contribution in [0.2, 0.25) is 0 Å². The van der Waals surface area contributed by atoms with Gasteiger partial charge in [-0.15, -0.1) is 0 Å². The Hall–Kier alpha value is -1.30. The molecule has 0 radical (unpaired) electrons. The van der Waals surface area contributed by atoms with Crippen LogP contribution in [0.5, 0.6) is 0 Å². The summed E-state index contributed by atoms with van der Waals surface area (Å²) in [7, 11) is 0. The predicted molar refractivity (Wildman–Crippen MR) is 77.5 cm³/mol. The minimum Gasteiger partial charge on any atom is -0.444 e. The molecule has 0 aliphatic carbocycles. The number of hydrogen-bond donors (Lipinski definition) is 2. The molecular formula is C14H27N3O3. The SMILES string of the molecule is CC(=O)N1CCC(NCCNC(=O)OC(C)(C)C)CC1. The first kappa shape index (κ1) is 16.8. The van der Waals surface area contributed by atoms with Crippen molar-refractivity contribution >= 4 is 12.0 Å². The number of piperidine rings is 1. The van der Waals surface area contributed by atoms with E-state index < -0.39 is 5.60 Å².